The van der Waals surface area contributed by atoms with E-state index in [1.54, 1.807) is 0 Å². The lowest BCUT2D eigenvalue weighted by molar-refractivity contribution is 0.281. The summed E-state index contributed by atoms with van der Waals surface area (Å²) in [5.74, 6) is 0. The Morgan fingerprint density at radius 1 is 1.50 bits per heavy atom. The zero-order valence-electron chi connectivity index (χ0n) is 6.19. The van der Waals surface area contributed by atoms with Crippen molar-refractivity contribution in [2.75, 3.05) is 0 Å². The summed E-state index contributed by atoms with van der Waals surface area (Å²) in [5, 5.41) is 26.0. The van der Waals surface area contributed by atoms with Crippen molar-refractivity contribution < 1.29 is 15.2 Å². The normalized spacial score (nSPS) is 9.92. The van der Waals surface area contributed by atoms with Crippen LogP contribution in [-0.2, 0) is 6.61 Å². The van der Waals surface area contributed by atoms with Crippen LogP contribution in [0.4, 0.5) is 0 Å². The van der Waals surface area contributed by atoms with Crippen molar-refractivity contribution in [1.29, 1.82) is 0 Å². The monoisotopic (exact) mass is 169 g/mol. The van der Waals surface area contributed by atoms with Crippen LogP contribution in [0.25, 0.3) is 0 Å². The number of rotatable bonds is 2. The van der Waals surface area contributed by atoms with Crippen LogP contribution in [0.2, 0.25) is 0 Å². The molecule has 0 saturated heterocycles. The number of aliphatic hydroxyl groups excluding tert-OH is 1. The van der Waals surface area contributed by atoms with Gasteiger partial charge in [0.1, 0.15) is 0 Å². The van der Waals surface area contributed by atoms with Gasteiger partial charge in [0.2, 0.25) is 5.56 Å². The Morgan fingerprint density at radius 2 is 2.17 bits per heavy atom. The SMILES string of the molecule is O=c1[nH]cc(CO)cc1B(O)O. The molecule has 0 saturated carbocycles. The van der Waals surface area contributed by atoms with Crippen LogP contribution < -0.4 is 11.0 Å². The molecule has 0 amide bonds. The van der Waals surface area contributed by atoms with E-state index in [4.69, 9.17) is 15.2 Å². The number of aromatic nitrogens is 1. The molecule has 0 aromatic carbocycles. The van der Waals surface area contributed by atoms with E-state index in [1.807, 2.05) is 0 Å². The summed E-state index contributed by atoms with van der Waals surface area (Å²) >= 11 is 0. The van der Waals surface area contributed by atoms with Crippen molar-refractivity contribution in [2.45, 2.75) is 6.61 Å². The molecule has 1 aromatic rings. The van der Waals surface area contributed by atoms with Gasteiger partial charge >= 0.3 is 7.12 Å². The number of hydrogen-bond donors (Lipinski definition) is 4. The highest BCUT2D eigenvalue weighted by Crippen LogP contribution is 1.89. The van der Waals surface area contributed by atoms with Gasteiger partial charge in [-0.3, -0.25) is 4.79 Å². The maximum Gasteiger partial charge on any atom is 0.494 e. The number of H-pyrrole nitrogens is 1. The zero-order chi connectivity index (χ0) is 9.14. The number of pyridine rings is 1. The molecule has 1 heterocycles. The van der Waals surface area contributed by atoms with Crippen LogP contribution in [0.3, 0.4) is 0 Å². The third-order valence-electron chi connectivity index (χ3n) is 1.45. The first-order chi connectivity index (χ1) is 5.65. The van der Waals surface area contributed by atoms with Gasteiger partial charge in [-0.05, 0) is 11.6 Å². The van der Waals surface area contributed by atoms with Gasteiger partial charge in [0.25, 0.3) is 0 Å². The standard InChI is InChI=1S/C6H8BNO4/c9-3-4-1-5(7(11)12)6(10)8-2-4/h1-2,9,11-12H,3H2,(H,8,10). The molecule has 0 aliphatic carbocycles. The fourth-order valence-corrected chi connectivity index (χ4v) is 0.832. The Hall–Kier alpha value is -1.11. The fraction of sp³-hybridized carbons (Fsp3) is 0.167. The van der Waals surface area contributed by atoms with E-state index in [9.17, 15) is 4.79 Å². The molecule has 0 spiro atoms. The highest BCUT2D eigenvalue weighted by molar-refractivity contribution is 6.58. The number of aromatic amines is 1. The summed E-state index contributed by atoms with van der Waals surface area (Å²) in [6.45, 7) is -0.253. The lowest BCUT2D eigenvalue weighted by atomic mass is 9.81. The van der Waals surface area contributed by atoms with Crippen molar-refractivity contribution in [3.8, 4) is 0 Å². The molecule has 0 aliphatic heterocycles. The molecule has 0 radical (unpaired) electrons. The van der Waals surface area contributed by atoms with E-state index in [0.717, 1.165) is 0 Å². The second-order valence-corrected chi connectivity index (χ2v) is 2.32. The molecule has 0 unspecified atom stereocenters. The van der Waals surface area contributed by atoms with Gasteiger partial charge in [-0.15, -0.1) is 0 Å². The maximum absolute atomic E-state index is 10.9. The topological polar surface area (TPSA) is 93.6 Å². The molecule has 0 fully saturated rings. The van der Waals surface area contributed by atoms with Crippen molar-refractivity contribution in [2.24, 2.45) is 0 Å². The van der Waals surface area contributed by atoms with Crippen LogP contribution in [0, 0.1) is 0 Å². The van der Waals surface area contributed by atoms with E-state index in [2.05, 4.69) is 4.98 Å². The summed E-state index contributed by atoms with van der Waals surface area (Å²) in [4.78, 5) is 13.1. The summed E-state index contributed by atoms with van der Waals surface area (Å²) in [5.41, 5.74) is -0.304. The van der Waals surface area contributed by atoms with Crippen LogP contribution in [0.5, 0.6) is 0 Å². The molecule has 12 heavy (non-hydrogen) atoms. The van der Waals surface area contributed by atoms with E-state index in [1.165, 1.54) is 12.3 Å². The van der Waals surface area contributed by atoms with Gasteiger partial charge in [0.15, 0.2) is 0 Å². The van der Waals surface area contributed by atoms with E-state index < -0.39 is 12.7 Å². The number of hydrogen-bond acceptors (Lipinski definition) is 4. The Labute approximate surface area is 68.5 Å². The minimum absolute atomic E-state index is 0.165. The molecule has 1 rings (SSSR count). The zero-order valence-corrected chi connectivity index (χ0v) is 6.19. The molecule has 0 aliphatic rings. The minimum atomic E-state index is -1.81. The van der Waals surface area contributed by atoms with Gasteiger partial charge in [-0.1, -0.05) is 0 Å². The quantitative estimate of drug-likeness (QED) is 0.369. The fourth-order valence-electron chi connectivity index (χ4n) is 0.832. The lowest BCUT2D eigenvalue weighted by Gasteiger charge is -1.99. The van der Waals surface area contributed by atoms with E-state index in [0.29, 0.717) is 5.56 Å². The molecule has 64 valence electrons. The Bertz CT molecular complexity index is 322. The summed E-state index contributed by atoms with van der Waals surface area (Å²) < 4.78 is 0. The minimum Gasteiger partial charge on any atom is -0.423 e. The van der Waals surface area contributed by atoms with Gasteiger partial charge in [-0.25, -0.2) is 0 Å². The molecule has 1 aromatic heterocycles. The predicted octanol–water partition coefficient (Wildman–Crippen LogP) is -2.45. The highest BCUT2D eigenvalue weighted by Gasteiger charge is 2.15. The Morgan fingerprint density at radius 3 is 2.67 bits per heavy atom. The van der Waals surface area contributed by atoms with E-state index >= 15 is 0 Å². The number of nitrogens with one attached hydrogen (secondary N) is 1. The van der Waals surface area contributed by atoms with Gasteiger partial charge < -0.3 is 20.1 Å². The number of aliphatic hydroxyl groups is 1. The second-order valence-electron chi connectivity index (χ2n) is 2.32. The smallest absolute Gasteiger partial charge is 0.423 e. The van der Waals surface area contributed by atoms with Crippen LogP contribution >= 0.6 is 0 Å². The van der Waals surface area contributed by atoms with Gasteiger partial charge in [0, 0.05) is 11.7 Å². The van der Waals surface area contributed by atoms with E-state index in [-0.39, 0.29) is 12.1 Å². The second kappa shape index (κ2) is 3.53. The molecular formula is C6H8BNO4. The average molecular weight is 169 g/mol. The van der Waals surface area contributed by atoms with Crippen molar-refractivity contribution >= 4 is 12.6 Å². The average Bonchev–Trinajstić information content (AvgIpc) is 2.05. The van der Waals surface area contributed by atoms with Crippen LogP contribution in [-0.4, -0.2) is 27.3 Å². The summed E-state index contributed by atoms with van der Waals surface area (Å²) in [6, 6.07) is 1.24. The molecule has 6 heteroatoms. The molecular weight excluding hydrogens is 161 g/mol. The van der Waals surface area contributed by atoms with Crippen LogP contribution in [0.1, 0.15) is 5.56 Å². The Kier molecular flexibility index (Phi) is 2.64. The maximum atomic E-state index is 10.9. The van der Waals surface area contributed by atoms with Gasteiger partial charge in [0.05, 0.1) is 6.61 Å². The first-order valence-electron chi connectivity index (χ1n) is 3.33. The molecule has 0 bridgehead atoms. The first kappa shape index (κ1) is 8.99. The third-order valence-corrected chi connectivity index (χ3v) is 1.45. The third kappa shape index (κ3) is 1.73. The molecule has 5 nitrogen and oxygen atoms in total. The summed E-state index contributed by atoms with van der Waals surface area (Å²) in [7, 11) is -1.81. The Balaban J connectivity index is 3.17. The summed E-state index contributed by atoms with van der Waals surface area (Å²) in [6.07, 6.45) is 1.31. The van der Waals surface area contributed by atoms with Crippen molar-refractivity contribution in [3.63, 3.8) is 0 Å². The first-order valence-corrected chi connectivity index (χ1v) is 3.33. The van der Waals surface area contributed by atoms with Crippen molar-refractivity contribution in [1.82, 2.24) is 4.98 Å². The molecule has 4 N–H and O–H groups in total. The van der Waals surface area contributed by atoms with Gasteiger partial charge in [-0.2, -0.15) is 0 Å². The van der Waals surface area contributed by atoms with Crippen LogP contribution in [0.15, 0.2) is 17.1 Å². The molecule has 0 atom stereocenters. The highest BCUT2D eigenvalue weighted by atomic mass is 16.4. The predicted molar refractivity (Wildman–Crippen MR) is 42.8 cm³/mol. The largest absolute Gasteiger partial charge is 0.494 e. The lowest BCUT2D eigenvalue weighted by Crippen LogP contribution is -2.42. The van der Waals surface area contributed by atoms with Crippen molar-refractivity contribution in [3.05, 3.63) is 28.2 Å².